The van der Waals surface area contributed by atoms with E-state index in [2.05, 4.69) is 19.6 Å². The summed E-state index contributed by atoms with van der Waals surface area (Å²) in [5.74, 6) is 0.456. The van der Waals surface area contributed by atoms with Crippen molar-refractivity contribution in [3.63, 3.8) is 0 Å². The van der Waals surface area contributed by atoms with Crippen molar-refractivity contribution in [2.24, 2.45) is 0 Å². The van der Waals surface area contributed by atoms with Crippen molar-refractivity contribution < 1.29 is 22.7 Å². The van der Waals surface area contributed by atoms with E-state index in [0.717, 1.165) is 22.0 Å². The molecule has 1 fully saturated rings. The number of amides is 1. The highest BCUT2D eigenvalue weighted by molar-refractivity contribution is 8.00. The van der Waals surface area contributed by atoms with E-state index in [1.54, 1.807) is 36.2 Å². The number of benzene rings is 1. The van der Waals surface area contributed by atoms with Crippen LogP contribution in [0.15, 0.2) is 30.5 Å². The highest BCUT2D eigenvalue weighted by Gasteiger charge is 2.29. The van der Waals surface area contributed by atoms with Crippen molar-refractivity contribution in [2.75, 3.05) is 41.6 Å². The number of aryl methyl sites for hydroxylation is 1. The number of thiazole rings is 1. The zero-order valence-corrected chi connectivity index (χ0v) is 24.9. The summed E-state index contributed by atoms with van der Waals surface area (Å²) in [4.78, 5) is 30.8. The maximum Gasteiger partial charge on any atom is 0.410 e. The van der Waals surface area contributed by atoms with Crippen LogP contribution in [0.1, 0.15) is 33.0 Å². The molecule has 0 saturated carbocycles. The molecule has 0 atom stereocenters. The van der Waals surface area contributed by atoms with Gasteiger partial charge in [0, 0.05) is 43.7 Å². The Morgan fingerprint density at radius 1 is 1.15 bits per heavy atom. The molecule has 0 radical (unpaired) electrons. The average Bonchev–Trinajstić information content (AvgIpc) is 3.31. The fourth-order valence-corrected chi connectivity index (χ4v) is 6.06. The summed E-state index contributed by atoms with van der Waals surface area (Å²) >= 11 is 9.17. The van der Waals surface area contributed by atoms with Gasteiger partial charge in [0.15, 0.2) is 5.13 Å². The summed E-state index contributed by atoms with van der Waals surface area (Å²) in [5, 5.41) is 1.10. The Hall–Kier alpha value is -2.77. The first-order valence-corrected chi connectivity index (χ1v) is 14.8. The smallest absolute Gasteiger partial charge is 0.410 e. The molecule has 4 rings (SSSR count). The Labute approximate surface area is 244 Å². The normalized spacial score (nSPS) is 14.4. The summed E-state index contributed by atoms with van der Waals surface area (Å²) in [5.41, 5.74) is 1.86. The minimum Gasteiger partial charge on any atom is -0.444 e. The van der Waals surface area contributed by atoms with Gasteiger partial charge in [-0.25, -0.2) is 19.7 Å². The van der Waals surface area contributed by atoms with E-state index in [-0.39, 0.29) is 11.8 Å². The molecule has 1 amide bonds. The van der Waals surface area contributed by atoms with Crippen molar-refractivity contribution in [2.45, 2.75) is 45.9 Å². The Kier molecular flexibility index (Phi) is 9.36. The zero-order valence-electron chi connectivity index (χ0n) is 22.5. The van der Waals surface area contributed by atoms with E-state index < -0.39 is 18.2 Å². The fourth-order valence-electron chi connectivity index (χ4n) is 3.88. The van der Waals surface area contributed by atoms with Gasteiger partial charge in [0.1, 0.15) is 11.4 Å². The number of carbonyl (C=O) groups is 1. The van der Waals surface area contributed by atoms with Crippen LogP contribution in [0.25, 0.3) is 21.8 Å². The molecular formula is C26H30ClF3N6O2S2. The van der Waals surface area contributed by atoms with Gasteiger partial charge < -0.3 is 19.3 Å². The molecule has 1 aliphatic rings. The average molecular weight is 615 g/mol. The molecule has 216 valence electrons. The third-order valence-corrected chi connectivity index (χ3v) is 8.07. The Morgan fingerprint density at radius 3 is 2.52 bits per heavy atom. The predicted molar refractivity (Wildman–Crippen MR) is 155 cm³/mol. The summed E-state index contributed by atoms with van der Waals surface area (Å²) in [7, 11) is 0. The first kappa shape index (κ1) is 30.2. The molecule has 0 spiro atoms. The second-order valence-corrected chi connectivity index (χ2v) is 12.4. The van der Waals surface area contributed by atoms with Gasteiger partial charge in [-0.2, -0.15) is 13.2 Å². The summed E-state index contributed by atoms with van der Waals surface area (Å²) in [6.45, 7) is 9.43. The van der Waals surface area contributed by atoms with Crippen LogP contribution in [-0.2, 0) is 4.74 Å². The quantitative estimate of drug-likeness (QED) is 0.219. The number of anilines is 2. The number of alkyl halides is 3. The van der Waals surface area contributed by atoms with Gasteiger partial charge in [-0.05, 0) is 39.8 Å². The van der Waals surface area contributed by atoms with E-state index in [0.29, 0.717) is 59.7 Å². The lowest BCUT2D eigenvalue weighted by atomic mass is 10.1. The first-order chi connectivity index (χ1) is 18.8. The number of ether oxygens (including phenoxy) is 1. The Morgan fingerprint density at radius 2 is 1.88 bits per heavy atom. The molecule has 1 aromatic carbocycles. The van der Waals surface area contributed by atoms with Crippen molar-refractivity contribution in [1.82, 2.24) is 19.9 Å². The molecule has 14 heteroatoms. The number of aromatic nitrogens is 3. The number of hydrogen-bond acceptors (Lipinski definition) is 9. The second-order valence-electron chi connectivity index (χ2n) is 10.1. The maximum absolute atomic E-state index is 12.5. The highest BCUT2D eigenvalue weighted by Crippen LogP contribution is 2.44. The van der Waals surface area contributed by atoms with Crippen LogP contribution in [0.2, 0.25) is 5.02 Å². The zero-order chi connectivity index (χ0) is 29.1. The molecule has 3 heterocycles. The second kappa shape index (κ2) is 12.4. The minimum atomic E-state index is -4.22. The number of nitrogens with zero attached hydrogens (tertiary/aromatic N) is 5. The van der Waals surface area contributed by atoms with Gasteiger partial charge in [-0.15, -0.1) is 0 Å². The highest BCUT2D eigenvalue weighted by atomic mass is 35.5. The van der Waals surface area contributed by atoms with Crippen molar-refractivity contribution in [3.8, 4) is 21.8 Å². The molecule has 0 bridgehead atoms. The number of hydrogen-bond donors (Lipinski definition) is 1. The first-order valence-electron chi connectivity index (χ1n) is 12.6. The summed E-state index contributed by atoms with van der Waals surface area (Å²) in [6, 6.07) is 7.12. The molecule has 1 saturated heterocycles. The molecule has 0 aliphatic carbocycles. The third-order valence-electron chi connectivity index (χ3n) is 5.75. The molecule has 1 aliphatic heterocycles. The van der Waals surface area contributed by atoms with Crippen molar-refractivity contribution in [1.29, 1.82) is 0 Å². The lowest BCUT2D eigenvalue weighted by Gasteiger charge is -2.35. The topological polar surface area (TPSA) is 83.5 Å². The largest absolute Gasteiger partial charge is 0.444 e. The van der Waals surface area contributed by atoms with Gasteiger partial charge in [-0.1, -0.05) is 47.0 Å². The minimum absolute atomic E-state index is 0.147. The van der Waals surface area contributed by atoms with Gasteiger partial charge in [-0.3, -0.25) is 0 Å². The molecule has 1 N–H and O–H groups in total. The lowest BCUT2D eigenvalue weighted by Crippen LogP contribution is -2.50. The maximum atomic E-state index is 12.5. The SMILES string of the molecule is Cc1nccc(-c2sc(N3CCN(C(=O)OC(C)(C)C)CC3)nc2-c2cccc(NSCCC(F)(F)F)c2Cl)n1. The summed E-state index contributed by atoms with van der Waals surface area (Å²) in [6.07, 6.45) is -3.79. The van der Waals surface area contributed by atoms with E-state index >= 15 is 0 Å². The van der Waals surface area contributed by atoms with Crippen LogP contribution >= 0.6 is 34.9 Å². The monoisotopic (exact) mass is 614 g/mol. The molecular weight excluding hydrogens is 585 g/mol. The number of rotatable bonds is 7. The van der Waals surface area contributed by atoms with Gasteiger partial charge >= 0.3 is 12.3 Å². The summed E-state index contributed by atoms with van der Waals surface area (Å²) < 4.78 is 46.1. The van der Waals surface area contributed by atoms with E-state index in [9.17, 15) is 18.0 Å². The van der Waals surface area contributed by atoms with Crippen LogP contribution in [0.5, 0.6) is 0 Å². The van der Waals surface area contributed by atoms with E-state index in [1.165, 1.54) is 11.3 Å². The molecule has 3 aromatic rings. The molecule has 2 aromatic heterocycles. The van der Waals surface area contributed by atoms with Crippen molar-refractivity contribution >= 4 is 51.8 Å². The molecule has 40 heavy (non-hydrogen) atoms. The number of halogens is 4. The predicted octanol–water partition coefficient (Wildman–Crippen LogP) is 7.30. The van der Waals surface area contributed by atoms with Gasteiger partial charge in [0.25, 0.3) is 0 Å². The number of nitrogens with one attached hydrogen (secondary N) is 1. The standard InChI is InChI=1S/C26H30ClF3N6O2S2/c1-16-31-10-8-19(32-16)22-21(17-6-5-7-18(20(17)27)34-39-15-9-26(28,29)30)33-23(40-22)35-11-13-36(14-12-35)24(37)38-25(2,3)4/h5-8,10,34H,9,11-15H2,1-4H3. The number of carbonyl (C=O) groups excluding carboxylic acids is 1. The van der Waals surface area contributed by atoms with Gasteiger partial charge in [0.05, 0.1) is 33.4 Å². The van der Waals surface area contributed by atoms with Crippen LogP contribution in [-0.4, -0.2) is 69.7 Å². The third kappa shape index (κ3) is 7.91. The van der Waals surface area contributed by atoms with E-state index in [1.807, 2.05) is 26.8 Å². The van der Waals surface area contributed by atoms with Crippen LogP contribution in [0, 0.1) is 6.92 Å². The Balaban J connectivity index is 1.60. The molecule has 0 unspecified atom stereocenters. The fraction of sp³-hybridized carbons (Fsp3) is 0.462. The Bertz CT molecular complexity index is 1340. The van der Waals surface area contributed by atoms with Crippen LogP contribution < -0.4 is 9.62 Å². The molecule has 8 nitrogen and oxygen atoms in total. The van der Waals surface area contributed by atoms with E-state index in [4.69, 9.17) is 21.3 Å². The van der Waals surface area contributed by atoms with Crippen molar-refractivity contribution in [3.05, 3.63) is 41.3 Å². The van der Waals surface area contributed by atoms with Gasteiger partial charge in [0.2, 0.25) is 0 Å². The number of piperazine rings is 1. The van der Waals surface area contributed by atoms with Crippen LogP contribution in [0.4, 0.5) is 28.8 Å². The lowest BCUT2D eigenvalue weighted by molar-refractivity contribution is -0.129. The van der Waals surface area contributed by atoms with Crippen LogP contribution in [0.3, 0.4) is 0 Å².